The van der Waals surface area contributed by atoms with Crippen molar-refractivity contribution in [2.75, 3.05) is 26.2 Å². The molecule has 180 valence electrons. The molecule has 1 N–H and O–H groups in total. The van der Waals surface area contributed by atoms with Crippen LogP contribution in [0.5, 0.6) is 0 Å². The maximum absolute atomic E-state index is 13.3. The molecule has 1 saturated heterocycles. The summed E-state index contributed by atoms with van der Waals surface area (Å²) in [7, 11) is 0. The van der Waals surface area contributed by atoms with Gasteiger partial charge < -0.3 is 15.1 Å². The molecule has 0 spiro atoms. The Hall–Kier alpha value is -2.66. The van der Waals surface area contributed by atoms with Gasteiger partial charge in [-0.05, 0) is 67.8 Å². The lowest BCUT2D eigenvalue weighted by atomic mass is 9.76. The number of carbonyl (C=O) groups is 2. The first-order valence-electron chi connectivity index (χ1n) is 13.1. The molecular weight excluding hydrogens is 422 g/mol. The molecule has 2 atom stereocenters. The van der Waals surface area contributed by atoms with Crippen LogP contribution in [-0.2, 0) is 23.2 Å². The third-order valence-electron chi connectivity index (χ3n) is 8.19. The summed E-state index contributed by atoms with van der Waals surface area (Å²) in [6.45, 7) is 6.66. The number of unbranched alkanes of at least 4 members (excludes halogenated alkanes) is 1. The summed E-state index contributed by atoms with van der Waals surface area (Å²) in [4.78, 5) is 30.7. The number of aryl methyl sites for hydroxylation is 1. The first-order chi connectivity index (χ1) is 16.6. The largest absolute Gasteiger partial charge is 0.355 e. The topological polar surface area (TPSA) is 52.7 Å². The highest BCUT2D eigenvalue weighted by Gasteiger charge is 2.44. The van der Waals surface area contributed by atoms with E-state index in [1.807, 2.05) is 18.2 Å². The summed E-state index contributed by atoms with van der Waals surface area (Å²) in [6.07, 6.45) is 6.98. The average molecular weight is 460 g/mol. The van der Waals surface area contributed by atoms with E-state index in [9.17, 15) is 9.59 Å². The highest BCUT2D eigenvalue weighted by Crippen LogP contribution is 2.43. The Morgan fingerprint density at radius 2 is 1.88 bits per heavy atom. The molecule has 0 bridgehead atoms. The summed E-state index contributed by atoms with van der Waals surface area (Å²) in [6, 6.07) is 16.9. The van der Waals surface area contributed by atoms with E-state index in [0.717, 1.165) is 88.8 Å². The molecule has 5 nitrogen and oxygen atoms in total. The number of nitrogens with one attached hydrogen (secondary N) is 1. The van der Waals surface area contributed by atoms with Gasteiger partial charge in [-0.15, -0.1) is 0 Å². The molecule has 34 heavy (non-hydrogen) atoms. The number of nitrogens with zero attached hydrogens (tertiary/aromatic N) is 2. The second-order valence-corrected chi connectivity index (χ2v) is 10.3. The van der Waals surface area contributed by atoms with Crippen LogP contribution in [0.25, 0.3) is 0 Å². The molecule has 2 aliphatic heterocycles. The number of carbonyl (C=O) groups excluding carboxylic acids is 2. The van der Waals surface area contributed by atoms with Crippen molar-refractivity contribution in [1.82, 2.24) is 15.1 Å². The van der Waals surface area contributed by atoms with Crippen LogP contribution >= 0.6 is 0 Å². The molecule has 2 amide bonds. The van der Waals surface area contributed by atoms with Crippen LogP contribution in [0.4, 0.5) is 0 Å². The SMILES string of the molecule is CCCNC(=O)C1(CCCCN2CCC(N3Cc4ccccc4C3=O)C2)CCc2ccccc21. The van der Waals surface area contributed by atoms with Crippen molar-refractivity contribution in [2.45, 2.75) is 69.9 Å². The van der Waals surface area contributed by atoms with Crippen LogP contribution < -0.4 is 5.32 Å². The molecule has 2 aromatic carbocycles. The highest BCUT2D eigenvalue weighted by atomic mass is 16.2. The van der Waals surface area contributed by atoms with Crippen LogP contribution in [0.1, 0.15) is 72.5 Å². The molecule has 5 rings (SSSR count). The Kier molecular flexibility index (Phi) is 6.73. The lowest BCUT2D eigenvalue weighted by Gasteiger charge is -2.30. The van der Waals surface area contributed by atoms with Crippen molar-refractivity contribution in [2.24, 2.45) is 0 Å². The van der Waals surface area contributed by atoms with Gasteiger partial charge in [-0.3, -0.25) is 9.59 Å². The van der Waals surface area contributed by atoms with Crippen molar-refractivity contribution in [3.63, 3.8) is 0 Å². The van der Waals surface area contributed by atoms with Crippen LogP contribution in [0.15, 0.2) is 48.5 Å². The van der Waals surface area contributed by atoms with Crippen molar-refractivity contribution in [1.29, 1.82) is 0 Å². The first kappa shape index (κ1) is 23.1. The summed E-state index contributed by atoms with van der Waals surface area (Å²) >= 11 is 0. The van der Waals surface area contributed by atoms with E-state index in [4.69, 9.17) is 0 Å². The number of hydrogen-bond donors (Lipinski definition) is 1. The van der Waals surface area contributed by atoms with E-state index in [1.54, 1.807) is 0 Å². The Balaban J connectivity index is 1.15. The number of rotatable bonds is 9. The zero-order chi connectivity index (χ0) is 23.5. The average Bonchev–Trinajstić information content (AvgIpc) is 3.57. The molecule has 5 heteroatoms. The number of likely N-dealkylation sites (tertiary alicyclic amines) is 1. The van der Waals surface area contributed by atoms with E-state index in [-0.39, 0.29) is 17.2 Å². The second kappa shape index (κ2) is 9.91. The fraction of sp³-hybridized carbons (Fsp3) is 0.517. The lowest BCUT2D eigenvalue weighted by Crippen LogP contribution is -2.43. The van der Waals surface area contributed by atoms with Crippen molar-refractivity contribution < 1.29 is 9.59 Å². The van der Waals surface area contributed by atoms with E-state index >= 15 is 0 Å². The van der Waals surface area contributed by atoms with Gasteiger partial charge in [0.15, 0.2) is 0 Å². The molecule has 1 fully saturated rings. The normalized spacial score (nSPS) is 23.9. The summed E-state index contributed by atoms with van der Waals surface area (Å²) in [5.41, 5.74) is 4.26. The Morgan fingerprint density at radius 3 is 2.71 bits per heavy atom. The number of hydrogen-bond acceptors (Lipinski definition) is 3. The van der Waals surface area contributed by atoms with Gasteiger partial charge in [-0.1, -0.05) is 55.8 Å². The number of benzene rings is 2. The van der Waals surface area contributed by atoms with Gasteiger partial charge in [0.25, 0.3) is 5.91 Å². The fourth-order valence-corrected chi connectivity index (χ4v) is 6.31. The number of amides is 2. The smallest absolute Gasteiger partial charge is 0.254 e. The predicted octanol–water partition coefficient (Wildman–Crippen LogP) is 4.30. The minimum absolute atomic E-state index is 0.197. The maximum Gasteiger partial charge on any atom is 0.254 e. The van der Waals surface area contributed by atoms with Crippen LogP contribution in [0.2, 0.25) is 0 Å². The zero-order valence-electron chi connectivity index (χ0n) is 20.4. The molecule has 0 saturated carbocycles. The molecule has 1 aliphatic carbocycles. The zero-order valence-corrected chi connectivity index (χ0v) is 20.4. The third-order valence-corrected chi connectivity index (χ3v) is 8.19. The quantitative estimate of drug-likeness (QED) is 0.569. The molecular formula is C29H37N3O2. The molecule has 3 aliphatic rings. The van der Waals surface area contributed by atoms with Crippen molar-refractivity contribution in [3.05, 3.63) is 70.8 Å². The van der Waals surface area contributed by atoms with E-state index in [2.05, 4.69) is 52.4 Å². The lowest BCUT2D eigenvalue weighted by molar-refractivity contribution is -0.127. The molecule has 2 aromatic rings. The Labute approximate surface area is 203 Å². The molecule has 0 aromatic heterocycles. The minimum Gasteiger partial charge on any atom is -0.355 e. The van der Waals surface area contributed by atoms with Gasteiger partial charge in [0.2, 0.25) is 5.91 Å². The van der Waals surface area contributed by atoms with Crippen molar-refractivity contribution >= 4 is 11.8 Å². The molecule has 0 radical (unpaired) electrons. The second-order valence-electron chi connectivity index (χ2n) is 10.3. The van der Waals surface area contributed by atoms with E-state index in [1.165, 1.54) is 11.1 Å². The van der Waals surface area contributed by atoms with Gasteiger partial charge in [-0.2, -0.15) is 0 Å². The van der Waals surface area contributed by atoms with Gasteiger partial charge in [0.1, 0.15) is 0 Å². The Bertz CT molecular complexity index is 1050. The predicted molar refractivity (Wildman–Crippen MR) is 135 cm³/mol. The molecule has 2 unspecified atom stereocenters. The Morgan fingerprint density at radius 1 is 1.09 bits per heavy atom. The highest BCUT2D eigenvalue weighted by molar-refractivity contribution is 5.98. The van der Waals surface area contributed by atoms with Crippen LogP contribution in [0.3, 0.4) is 0 Å². The summed E-state index contributed by atoms with van der Waals surface area (Å²) in [5.74, 6) is 0.412. The summed E-state index contributed by atoms with van der Waals surface area (Å²) in [5, 5.41) is 3.20. The van der Waals surface area contributed by atoms with Gasteiger partial charge in [-0.25, -0.2) is 0 Å². The van der Waals surface area contributed by atoms with Gasteiger partial charge in [0, 0.05) is 37.8 Å². The van der Waals surface area contributed by atoms with Gasteiger partial charge in [0.05, 0.1) is 5.41 Å². The minimum atomic E-state index is -0.368. The molecule has 2 heterocycles. The van der Waals surface area contributed by atoms with E-state index in [0.29, 0.717) is 6.04 Å². The number of fused-ring (bicyclic) bond motifs is 2. The summed E-state index contributed by atoms with van der Waals surface area (Å²) < 4.78 is 0. The standard InChI is InChI=1S/C29H37N3O2/c1-2-17-30-28(34)29(16-13-22-9-4-6-12-26(22)29)15-7-8-18-31-19-14-24(21-31)32-20-23-10-3-5-11-25(23)27(32)33/h3-6,9-12,24H,2,7-8,13-21H2,1H3,(H,30,34). The van der Waals surface area contributed by atoms with Crippen LogP contribution in [-0.4, -0.2) is 53.8 Å². The van der Waals surface area contributed by atoms with E-state index < -0.39 is 0 Å². The van der Waals surface area contributed by atoms with Crippen LogP contribution in [0, 0.1) is 0 Å². The maximum atomic E-state index is 13.3. The third kappa shape index (κ3) is 4.26. The van der Waals surface area contributed by atoms with Crippen molar-refractivity contribution in [3.8, 4) is 0 Å². The monoisotopic (exact) mass is 459 g/mol. The fourth-order valence-electron chi connectivity index (χ4n) is 6.31. The first-order valence-corrected chi connectivity index (χ1v) is 13.1. The van der Waals surface area contributed by atoms with Gasteiger partial charge >= 0.3 is 0 Å².